The van der Waals surface area contributed by atoms with Crippen LogP contribution in [0.1, 0.15) is 25.5 Å². The minimum Gasteiger partial charge on any atom is -0.404 e. The standard InChI is InChI=1S/C13H12BrFN4/c1-7(2)12-11(16)13(17-3)19(18-12)10-5-4-8(14)6-9(10)15/h4-7H,16H2,1-2H3. The molecule has 0 aliphatic rings. The average Bonchev–Trinajstić information content (AvgIpc) is 2.66. The quantitative estimate of drug-likeness (QED) is 0.848. The smallest absolute Gasteiger partial charge is 0.280 e. The van der Waals surface area contributed by atoms with Gasteiger partial charge in [0.05, 0.1) is 11.4 Å². The zero-order chi connectivity index (χ0) is 14.2. The Balaban J connectivity index is 2.69. The molecular formula is C13H12BrFN4. The van der Waals surface area contributed by atoms with Crippen molar-refractivity contribution in [3.05, 3.63) is 45.6 Å². The fraction of sp³-hybridized carbons (Fsp3) is 0.231. The van der Waals surface area contributed by atoms with Crippen LogP contribution in [0, 0.1) is 12.4 Å². The summed E-state index contributed by atoms with van der Waals surface area (Å²) in [7, 11) is 0. The molecule has 2 aromatic rings. The zero-order valence-corrected chi connectivity index (χ0v) is 12.1. The largest absolute Gasteiger partial charge is 0.404 e. The first-order valence-electron chi connectivity index (χ1n) is 5.67. The monoisotopic (exact) mass is 322 g/mol. The molecule has 0 bridgehead atoms. The van der Waals surface area contributed by atoms with Gasteiger partial charge in [-0.05, 0) is 18.2 Å². The van der Waals surface area contributed by atoms with Crippen molar-refractivity contribution in [2.45, 2.75) is 19.8 Å². The lowest BCUT2D eigenvalue weighted by molar-refractivity contribution is 0.609. The summed E-state index contributed by atoms with van der Waals surface area (Å²) in [6.07, 6.45) is 0. The van der Waals surface area contributed by atoms with E-state index in [2.05, 4.69) is 25.9 Å². The van der Waals surface area contributed by atoms with E-state index in [9.17, 15) is 4.39 Å². The Bertz CT molecular complexity index is 670. The van der Waals surface area contributed by atoms with E-state index in [0.29, 0.717) is 15.9 Å². The van der Waals surface area contributed by atoms with Gasteiger partial charge in [0.15, 0.2) is 11.5 Å². The highest BCUT2D eigenvalue weighted by molar-refractivity contribution is 9.10. The molecule has 19 heavy (non-hydrogen) atoms. The maximum atomic E-state index is 14.0. The molecule has 0 saturated carbocycles. The second-order valence-electron chi connectivity index (χ2n) is 4.40. The lowest BCUT2D eigenvalue weighted by atomic mass is 10.1. The first-order valence-corrected chi connectivity index (χ1v) is 6.46. The molecule has 0 aliphatic carbocycles. The molecule has 0 spiro atoms. The maximum absolute atomic E-state index is 14.0. The van der Waals surface area contributed by atoms with E-state index in [0.717, 1.165) is 0 Å². The number of halogens is 2. The van der Waals surface area contributed by atoms with Crippen LogP contribution in [0.4, 0.5) is 15.9 Å². The van der Waals surface area contributed by atoms with E-state index in [1.165, 1.54) is 10.7 Å². The number of rotatable bonds is 2. The van der Waals surface area contributed by atoms with Gasteiger partial charge in [0.2, 0.25) is 0 Å². The first-order chi connectivity index (χ1) is 8.95. The van der Waals surface area contributed by atoms with Crippen molar-refractivity contribution in [2.75, 3.05) is 5.73 Å². The summed E-state index contributed by atoms with van der Waals surface area (Å²) < 4.78 is 15.9. The number of nitrogen functional groups attached to an aromatic ring is 1. The van der Waals surface area contributed by atoms with Gasteiger partial charge in [0.25, 0.3) is 5.82 Å². The summed E-state index contributed by atoms with van der Waals surface area (Å²) in [5.74, 6) is -0.248. The third kappa shape index (κ3) is 2.34. The molecule has 0 atom stereocenters. The van der Waals surface area contributed by atoms with Gasteiger partial charge in [-0.2, -0.15) is 4.68 Å². The molecule has 1 aromatic heterocycles. The molecular weight excluding hydrogens is 311 g/mol. The molecule has 4 nitrogen and oxygen atoms in total. The Morgan fingerprint density at radius 3 is 2.68 bits per heavy atom. The molecule has 1 heterocycles. The predicted molar refractivity (Wildman–Crippen MR) is 76.0 cm³/mol. The number of anilines is 1. The third-order valence-electron chi connectivity index (χ3n) is 2.72. The topological polar surface area (TPSA) is 48.2 Å². The Labute approximate surface area is 119 Å². The normalized spacial score (nSPS) is 10.7. The summed E-state index contributed by atoms with van der Waals surface area (Å²) in [5.41, 5.74) is 7.04. The number of nitrogens with zero attached hydrogens (tertiary/aromatic N) is 3. The number of hydrogen-bond acceptors (Lipinski definition) is 2. The Kier molecular flexibility index (Phi) is 3.58. The minimum atomic E-state index is -0.461. The second-order valence-corrected chi connectivity index (χ2v) is 5.31. The average molecular weight is 323 g/mol. The van der Waals surface area contributed by atoms with Crippen LogP contribution < -0.4 is 5.73 Å². The van der Waals surface area contributed by atoms with Crippen LogP contribution in [0.5, 0.6) is 0 Å². The first kappa shape index (κ1) is 13.6. The highest BCUT2D eigenvalue weighted by Gasteiger charge is 2.22. The van der Waals surface area contributed by atoms with Crippen molar-refractivity contribution in [1.29, 1.82) is 0 Å². The number of aromatic nitrogens is 2. The summed E-state index contributed by atoms with van der Waals surface area (Å²) in [6.45, 7) is 11.0. The molecule has 2 rings (SSSR count). The molecule has 0 fully saturated rings. The molecule has 0 unspecified atom stereocenters. The lowest BCUT2D eigenvalue weighted by Crippen LogP contribution is -2.00. The number of nitrogens with two attached hydrogens (primary N) is 1. The van der Waals surface area contributed by atoms with Crippen LogP contribution in [-0.2, 0) is 0 Å². The highest BCUT2D eigenvalue weighted by atomic mass is 79.9. The van der Waals surface area contributed by atoms with Gasteiger partial charge in [0.1, 0.15) is 0 Å². The van der Waals surface area contributed by atoms with Gasteiger partial charge >= 0.3 is 0 Å². The summed E-state index contributed by atoms with van der Waals surface area (Å²) in [4.78, 5) is 3.36. The highest BCUT2D eigenvalue weighted by Crippen LogP contribution is 2.33. The van der Waals surface area contributed by atoms with Crippen molar-refractivity contribution >= 4 is 27.4 Å². The van der Waals surface area contributed by atoms with Crippen molar-refractivity contribution in [3.63, 3.8) is 0 Å². The fourth-order valence-electron chi connectivity index (χ4n) is 1.79. The second kappa shape index (κ2) is 5.02. The van der Waals surface area contributed by atoms with Crippen LogP contribution in [0.25, 0.3) is 10.5 Å². The molecule has 0 radical (unpaired) electrons. The van der Waals surface area contributed by atoms with Gasteiger partial charge in [-0.25, -0.2) is 4.39 Å². The fourth-order valence-corrected chi connectivity index (χ4v) is 2.13. The van der Waals surface area contributed by atoms with Gasteiger partial charge in [-0.15, -0.1) is 0 Å². The minimum absolute atomic E-state index is 0.0697. The SMILES string of the molecule is [C-]#[N+]c1c(N)c(C(C)C)nn1-c1ccc(Br)cc1F. The maximum Gasteiger partial charge on any atom is 0.280 e. The Hall–Kier alpha value is -1.87. The van der Waals surface area contributed by atoms with Crippen molar-refractivity contribution in [2.24, 2.45) is 0 Å². The van der Waals surface area contributed by atoms with E-state index in [-0.39, 0.29) is 17.4 Å². The van der Waals surface area contributed by atoms with Crippen LogP contribution in [0.2, 0.25) is 0 Å². The van der Waals surface area contributed by atoms with E-state index in [1.807, 2.05) is 13.8 Å². The molecule has 0 aliphatic heterocycles. The third-order valence-corrected chi connectivity index (χ3v) is 3.21. The predicted octanol–water partition coefficient (Wildman–Crippen LogP) is 4.03. The van der Waals surface area contributed by atoms with Crippen LogP contribution in [0.15, 0.2) is 22.7 Å². The summed E-state index contributed by atoms with van der Waals surface area (Å²) >= 11 is 3.19. The van der Waals surface area contributed by atoms with Gasteiger partial charge in [0, 0.05) is 10.4 Å². The van der Waals surface area contributed by atoms with Crippen molar-refractivity contribution in [3.8, 4) is 5.69 Å². The molecule has 1 aromatic carbocycles. The van der Waals surface area contributed by atoms with Crippen molar-refractivity contribution < 1.29 is 4.39 Å². The van der Waals surface area contributed by atoms with Crippen LogP contribution in [0.3, 0.4) is 0 Å². The molecule has 0 amide bonds. The van der Waals surface area contributed by atoms with Crippen LogP contribution >= 0.6 is 15.9 Å². The van der Waals surface area contributed by atoms with E-state index in [1.54, 1.807) is 12.1 Å². The lowest BCUT2D eigenvalue weighted by Gasteiger charge is -2.01. The van der Waals surface area contributed by atoms with Crippen molar-refractivity contribution in [1.82, 2.24) is 9.78 Å². The Morgan fingerprint density at radius 2 is 2.16 bits per heavy atom. The van der Waals surface area contributed by atoms with E-state index < -0.39 is 5.82 Å². The van der Waals surface area contributed by atoms with Crippen LogP contribution in [-0.4, -0.2) is 9.78 Å². The number of hydrogen-bond donors (Lipinski definition) is 1. The molecule has 2 N–H and O–H groups in total. The molecule has 0 saturated heterocycles. The van der Waals surface area contributed by atoms with Gasteiger partial charge in [-0.1, -0.05) is 41.4 Å². The van der Waals surface area contributed by atoms with E-state index in [4.69, 9.17) is 12.3 Å². The summed E-state index contributed by atoms with van der Waals surface area (Å²) in [6, 6.07) is 4.58. The van der Waals surface area contributed by atoms with Gasteiger partial charge < -0.3 is 10.6 Å². The molecule has 6 heteroatoms. The summed E-state index contributed by atoms with van der Waals surface area (Å²) in [5, 5.41) is 4.26. The Morgan fingerprint density at radius 1 is 1.47 bits per heavy atom. The zero-order valence-electron chi connectivity index (χ0n) is 10.5. The van der Waals surface area contributed by atoms with E-state index >= 15 is 0 Å². The van der Waals surface area contributed by atoms with Gasteiger partial charge in [-0.3, -0.25) is 0 Å². The molecule has 98 valence electrons. The number of benzene rings is 1.